The Balaban J connectivity index is 1.29. The third-order valence-corrected chi connectivity index (χ3v) is 11.1. The van der Waals surface area contributed by atoms with Gasteiger partial charge < -0.3 is 24.8 Å². The minimum atomic E-state index is -2.39. The van der Waals surface area contributed by atoms with Crippen LogP contribution in [0.25, 0.3) is 78.6 Å². The van der Waals surface area contributed by atoms with Crippen molar-refractivity contribution >= 4 is 56.8 Å². The molecule has 18 heteroatoms. The van der Waals surface area contributed by atoms with Crippen molar-refractivity contribution in [2.45, 2.75) is 6.54 Å². The van der Waals surface area contributed by atoms with Crippen LogP contribution in [0.5, 0.6) is 0 Å². The van der Waals surface area contributed by atoms with Gasteiger partial charge >= 0.3 is 0 Å². The number of hydrogen-bond donors (Lipinski definition) is 4. The van der Waals surface area contributed by atoms with E-state index < -0.39 is 86.3 Å². The molecule has 1 amide bonds. The first kappa shape index (κ1) is 41.6. The number of amides is 1. The van der Waals surface area contributed by atoms with Crippen LogP contribution in [0.1, 0.15) is 27.3 Å². The van der Waals surface area contributed by atoms with E-state index in [0.717, 1.165) is 5.56 Å². The number of nitrogens with zero attached hydrogens (tertiary/aromatic N) is 3. The summed E-state index contributed by atoms with van der Waals surface area (Å²) >= 11 is 0. The predicted molar refractivity (Wildman–Crippen MR) is 227 cm³/mol. The fourth-order valence-electron chi connectivity index (χ4n) is 8.02. The highest BCUT2D eigenvalue weighted by molar-refractivity contribution is 6.09. The van der Waals surface area contributed by atoms with Gasteiger partial charge in [0.1, 0.15) is 0 Å². The molecule has 0 fully saturated rings. The highest BCUT2D eigenvalue weighted by Crippen LogP contribution is 2.41. The molecule has 0 saturated carbocycles. The molecule has 10 rings (SSSR count). The van der Waals surface area contributed by atoms with Gasteiger partial charge in [-0.25, -0.2) is 53.9 Å². The summed E-state index contributed by atoms with van der Waals surface area (Å²) in [5, 5.41) is 2.89. The number of carbonyl (C=O) groups is 1. The maximum Gasteiger partial charge on any atom is 0.255 e. The molecule has 4 N–H and O–H groups in total. The minimum Gasteiger partial charge on any atom is -0.354 e. The van der Waals surface area contributed by atoms with Gasteiger partial charge in [0.15, 0.2) is 46.5 Å². The summed E-state index contributed by atoms with van der Waals surface area (Å²) in [6.07, 6.45) is 7.51. The van der Waals surface area contributed by atoms with Gasteiger partial charge in [-0.3, -0.25) is 4.79 Å². The Hall–Kier alpha value is -8.41. The smallest absolute Gasteiger partial charge is 0.255 e. The fraction of sp³-hybridized carbons (Fsp3) is 0.0208. The van der Waals surface area contributed by atoms with E-state index in [-0.39, 0.29) is 66.9 Å². The summed E-state index contributed by atoms with van der Waals surface area (Å²) in [6.45, 7) is 0.402. The lowest BCUT2D eigenvalue weighted by Crippen LogP contribution is -2.13. The SMILES string of the molecule is O=C(Nc1ccccc1-c1c2ccc([nH]2)c(-c2c(F)c(F)c(F)c(F)c2F)c2nc(c3ccc([nH]3)c(-c3c(F)c(F)c(F)c(F)c3F)c3ccc1[nH]3)C=C2)c1cccc(Cn2ccnc2)c1. The average Bonchev–Trinajstić information content (AvgIpc) is 4.19. The number of nitrogens with one attached hydrogen (secondary N) is 4. The van der Waals surface area contributed by atoms with Gasteiger partial charge in [-0.1, -0.05) is 30.3 Å². The molecule has 0 spiro atoms. The van der Waals surface area contributed by atoms with Gasteiger partial charge in [-0.15, -0.1) is 0 Å². The quantitative estimate of drug-likeness (QED) is 0.0727. The lowest BCUT2D eigenvalue weighted by molar-refractivity contribution is 0.102. The Morgan fingerprint density at radius 1 is 0.515 bits per heavy atom. The molecule has 0 unspecified atom stereocenters. The predicted octanol–water partition coefficient (Wildman–Crippen LogP) is 12.6. The lowest BCUT2D eigenvalue weighted by Gasteiger charge is -2.13. The molecule has 0 radical (unpaired) electrons. The Morgan fingerprint density at radius 2 is 1.02 bits per heavy atom. The van der Waals surface area contributed by atoms with E-state index in [9.17, 15) is 31.1 Å². The molecule has 9 aromatic rings. The molecule has 4 aromatic carbocycles. The second-order valence-corrected chi connectivity index (χ2v) is 15.0. The van der Waals surface area contributed by atoms with E-state index in [1.165, 1.54) is 48.6 Å². The van der Waals surface area contributed by atoms with Crippen LogP contribution >= 0.6 is 0 Å². The van der Waals surface area contributed by atoms with Gasteiger partial charge in [0.25, 0.3) is 5.91 Å². The zero-order chi connectivity index (χ0) is 46.1. The second-order valence-electron chi connectivity index (χ2n) is 15.0. The van der Waals surface area contributed by atoms with Crippen molar-refractivity contribution in [1.29, 1.82) is 0 Å². The zero-order valence-corrected chi connectivity index (χ0v) is 33.2. The molecule has 66 heavy (non-hydrogen) atoms. The first-order chi connectivity index (χ1) is 31.8. The summed E-state index contributed by atoms with van der Waals surface area (Å²) in [4.78, 5) is 31.3. The fourth-order valence-corrected chi connectivity index (χ4v) is 8.02. The summed E-state index contributed by atoms with van der Waals surface area (Å²) in [5.41, 5.74) is -2.86. The maximum atomic E-state index is 15.8. The van der Waals surface area contributed by atoms with Crippen LogP contribution in [0.15, 0.2) is 104 Å². The van der Waals surface area contributed by atoms with Crippen LogP contribution in [0.3, 0.4) is 0 Å². The van der Waals surface area contributed by atoms with Crippen LogP contribution in [0, 0.1) is 58.2 Å². The van der Waals surface area contributed by atoms with Gasteiger partial charge in [-0.2, -0.15) is 0 Å². The third kappa shape index (κ3) is 6.84. The number of H-pyrrole nitrogens is 3. The Bertz CT molecular complexity index is 3590. The number of anilines is 1. The Labute approximate surface area is 363 Å². The van der Waals surface area contributed by atoms with E-state index in [0.29, 0.717) is 6.54 Å². The molecule has 0 aliphatic carbocycles. The number of imidazole rings is 1. The monoisotopic (exact) mass is 905 g/mol. The third-order valence-electron chi connectivity index (χ3n) is 11.1. The van der Waals surface area contributed by atoms with Crippen molar-refractivity contribution in [3.63, 3.8) is 0 Å². The molecule has 1 aliphatic rings. The average molecular weight is 906 g/mol. The molecule has 328 valence electrons. The van der Waals surface area contributed by atoms with Crippen molar-refractivity contribution in [1.82, 2.24) is 29.5 Å². The number of fused-ring (bicyclic) bond motifs is 9. The van der Waals surface area contributed by atoms with Crippen molar-refractivity contribution in [3.05, 3.63) is 184 Å². The number of para-hydroxylation sites is 1. The number of hydrogen-bond acceptors (Lipinski definition) is 3. The molecule has 5 aromatic heterocycles. The Morgan fingerprint density at radius 3 is 1.61 bits per heavy atom. The topological polar surface area (TPSA) is 107 Å². The lowest BCUT2D eigenvalue weighted by atomic mass is 10.0. The second kappa shape index (κ2) is 16.0. The van der Waals surface area contributed by atoms with E-state index >= 15 is 17.6 Å². The Kier molecular flexibility index (Phi) is 10.1. The van der Waals surface area contributed by atoms with Crippen LogP contribution in [0.4, 0.5) is 49.6 Å². The van der Waals surface area contributed by atoms with Crippen LogP contribution in [-0.4, -0.2) is 35.4 Å². The van der Waals surface area contributed by atoms with Crippen molar-refractivity contribution in [2.24, 2.45) is 0 Å². The number of rotatable bonds is 7. The standard InChI is InChI=1S/C48H25F10N7O/c49-38-36(39(50)43(54)46(57)42(38)53)34-29-10-8-25(60-29)26-9-11-30(61-26)35(37-40(51)44(55)47(58)45(56)41(37)52)32-15-13-28(63-32)33(27-12-14-31(34)62-27)23-6-1-2-7-24(23)64-48(66)22-5-3-4-21(18-22)19-65-17-16-59-20-65/h1-18,20,60,62-63H,19H2,(H,64,66). The van der Waals surface area contributed by atoms with Gasteiger partial charge in [0.05, 0.1) is 34.4 Å². The first-order valence-corrected chi connectivity index (χ1v) is 19.6. The van der Waals surface area contributed by atoms with Crippen LogP contribution in [0.2, 0.25) is 0 Å². The largest absolute Gasteiger partial charge is 0.354 e. The molecule has 1 aliphatic heterocycles. The number of carbonyl (C=O) groups excluding carboxylic acids is 1. The number of aromatic amines is 3. The minimum absolute atomic E-state index is 0.0209. The highest BCUT2D eigenvalue weighted by Gasteiger charge is 2.31. The molecular weight excluding hydrogens is 881 g/mol. The van der Waals surface area contributed by atoms with E-state index in [2.05, 4.69) is 30.2 Å². The summed E-state index contributed by atoms with van der Waals surface area (Å²) in [6, 6.07) is 21.1. The highest BCUT2D eigenvalue weighted by atomic mass is 19.2. The molecule has 6 heterocycles. The van der Waals surface area contributed by atoms with Crippen LogP contribution < -0.4 is 5.32 Å². The maximum absolute atomic E-state index is 15.8. The molecule has 8 bridgehead atoms. The van der Waals surface area contributed by atoms with Crippen molar-refractivity contribution in [3.8, 4) is 33.4 Å². The number of benzene rings is 4. The summed E-state index contributed by atoms with van der Waals surface area (Å²) in [5.74, 6) is -22.8. The summed E-state index contributed by atoms with van der Waals surface area (Å²) in [7, 11) is 0. The van der Waals surface area contributed by atoms with Gasteiger partial charge in [0.2, 0.25) is 11.6 Å². The van der Waals surface area contributed by atoms with Crippen molar-refractivity contribution < 1.29 is 48.7 Å². The molecule has 8 nitrogen and oxygen atoms in total. The summed E-state index contributed by atoms with van der Waals surface area (Å²) < 4.78 is 154. The molecule has 0 atom stereocenters. The molecular formula is C48H25F10N7O. The number of halogens is 10. The normalized spacial score (nSPS) is 11.8. The van der Waals surface area contributed by atoms with Crippen molar-refractivity contribution in [2.75, 3.05) is 5.32 Å². The van der Waals surface area contributed by atoms with E-state index in [1.807, 2.05) is 6.07 Å². The van der Waals surface area contributed by atoms with Crippen LogP contribution in [-0.2, 0) is 6.54 Å². The van der Waals surface area contributed by atoms with E-state index in [4.69, 9.17) is 0 Å². The first-order valence-electron chi connectivity index (χ1n) is 19.6. The molecule has 0 saturated heterocycles. The van der Waals surface area contributed by atoms with Gasteiger partial charge in [-0.05, 0) is 72.3 Å². The number of aromatic nitrogens is 6. The zero-order valence-electron chi connectivity index (χ0n) is 33.2. The van der Waals surface area contributed by atoms with E-state index in [1.54, 1.807) is 65.8 Å². The van der Waals surface area contributed by atoms with Gasteiger partial charge in [0, 0.05) is 80.0 Å².